The third-order valence-corrected chi connectivity index (χ3v) is 3.63. The van der Waals surface area contributed by atoms with Crippen LogP contribution in [0.15, 0.2) is 6.08 Å². The summed E-state index contributed by atoms with van der Waals surface area (Å²) in [6, 6.07) is 0. The summed E-state index contributed by atoms with van der Waals surface area (Å²) in [5, 5.41) is 7.44. The van der Waals surface area contributed by atoms with Gasteiger partial charge in [0.25, 0.3) is 5.91 Å². The number of amides is 1. The molecule has 0 unspecified atom stereocenters. The molecular weight excluding hydrogens is 318 g/mol. The van der Waals surface area contributed by atoms with Crippen molar-refractivity contribution >= 4 is 29.6 Å². The van der Waals surface area contributed by atoms with E-state index in [0.29, 0.717) is 17.3 Å². The van der Waals surface area contributed by atoms with Gasteiger partial charge in [0.05, 0.1) is 5.69 Å². The topological polar surface area (TPSA) is 73.2 Å². The minimum absolute atomic E-state index is 0.323. The highest BCUT2D eigenvalue weighted by molar-refractivity contribution is 6.31. The number of aromatic nitrogens is 2. The molecule has 0 radical (unpaired) electrons. The molecule has 1 N–H and O–H groups in total. The number of hydrogen-bond acceptors (Lipinski definition) is 4. The van der Waals surface area contributed by atoms with E-state index < -0.39 is 12.1 Å². The van der Waals surface area contributed by atoms with Crippen molar-refractivity contribution in [2.75, 3.05) is 6.54 Å². The molecule has 23 heavy (non-hydrogen) atoms. The monoisotopic (exact) mass is 341 g/mol. The Kier molecular flexibility index (Phi) is 7.81. The number of likely N-dealkylation sites (N-methyl/N-ethyl adjacent to an activating group) is 1. The Morgan fingerprint density at radius 2 is 2.13 bits per heavy atom. The van der Waals surface area contributed by atoms with Gasteiger partial charge in [-0.2, -0.15) is 5.10 Å². The smallest absolute Gasteiger partial charge is 0.331 e. The van der Waals surface area contributed by atoms with Gasteiger partial charge in [-0.1, -0.05) is 24.9 Å². The summed E-state index contributed by atoms with van der Waals surface area (Å²) in [6.45, 7) is 8.48. The highest BCUT2D eigenvalue weighted by atomic mass is 35.5. The van der Waals surface area contributed by atoms with E-state index in [9.17, 15) is 9.59 Å². The minimum atomic E-state index is -0.837. The van der Waals surface area contributed by atoms with Gasteiger partial charge in [0.2, 0.25) is 0 Å². The second-order valence-corrected chi connectivity index (χ2v) is 5.53. The number of ether oxygens (including phenoxy) is 1. The molecule has 0 aromatic carbocycles. The third kappa shape index (κ3) is 5.71. The van der Waals surface area contributed by atoms with Crippen LogP contribution in [-0.4, -0.2) is 34.3 Å². The van der Waals surface area contributed by atoms with Gasteiger partial charge in [-0.3, -0.25) is 9.48 Å². The van der Waals surface area contributed by atoms with Gasteiger partial charge in [-0.05, 0) is 33.3 Å². The van der Waals surface area contributed by atoms with Crippen molar-refractivity contribution in [3.8, 4) is 0 Å². The molecule has 0 saturated carbocycles. The van der Waals surface area contributed by atoms with Gasteiger partial charge in [0, 0.05) is 24.7 Å². The third-order valence-electron chi connectivity index (χ3n) is 3.23. The van der Waals surface area contributed by atoms with Crippen LogP contribution in [-0.2, 0) is 20.9 Å². The molecule has 1 rings (SSSR count). The van der Waals surface area contributed by atoms with Crippen LogP contribution in [0.2, 0.25) is 5.15 Å². The molecule has 0 saturated heterocycles. The Morgan fingerprint density at radius 1 is 1.43 bits per heavy atom. The molecule has 1 aromatic heterocycles. The maximum absolute atomic E-state index is 11.8. The van der Waals surface area contributed by atoms with Crippen molar-refractivity contribution in [2.45, 2.75) is 53.2 Å². The van der Waals surface area contributed by atoms with E-state index in [1.165, 1.54) is 13.0 Å². The van der Waals surface area contributed by atoms with Crippen molar-refractivity contribution in [2.24, 2.45) is 0 Å². The molecule has 1 atom stereocenters. The quantitative estimate of drug-likeness (QED) is 0.583. The first kappa shape index (κ1) is 19.2. The molecule has 128 valence electrons. The van der Waals surface area contributed by atoms with E-state index in [1.807, 2.05) is 6.92 Å². The Bertz CT molecular complexity index is 581. The lowest BCUT2D eigenvalue weighted by atomic mass is 10.2. The van der Waals surface area contributed by atoms with Crippen molar-refractivity contribution in [3.05, 3.63) is 22.5 Å². The minimum Gasteiger partial charge on any atom is -0.449 e. The number of unbranched alkanes of at least 4 members (excludes halogenated alkanes) is 1. The highest BCUT2D eigenvalue weighted by Gasteiger charge is 2.16. The fraction of sp³-hybridized carbons (Fsp3) is 0.562. The predicted molar refractivity (Wildman–Crippen MR) is 90.2 cm³/mol. The van der Waals surface area contributed by atoms with Crippen LogP contribution >= 0.6 is 11.6 Å². The lowest BCUT2D eigenvalue weighted by molar-refractivity contribution is -0.150. The number of nitrogens with zero attached hydrogens (tertiary/aromatic N) is 2. The molecule has 0 fully saturated rings. The Morgan fingerprint density at radius 3 is 2.74 bits per heavy atom. The Hall–Kier alpha value is -1.82. The predicted octanol–water partition coefficient (Wildman–Crippen LogP) is 2.73. The molecule has 1 heterocycles. The number of nitrogens with one attached hydrogen (secondary N) is 1. The zero-order chi connectivity index (χ0) is 17.4. The van der Waals surface area contributed by atoms with E-state index in [-0.39, 0.29) is 5.91 Å². The first-order chi connectivity index (χ1) is 10.9. The Balaban J connectivity index is 2.71. The molecule has 0 bridgehead atoms. The largest absolute Gasteiger partial charge is 0.449 e. The van der Waals surface area contributed by atoms with E-state index in [2.05, 4.69) is 17.3 Å². The standard InChI is InChI=1S/C16H24ClN3O3/c1-5-7-10-20-15(17)13(11(3)19-20)8-9-14(21)23-12(4)16(22)18-6-2/h8-9,12H,5-7,10H2,1-4H3,(H,18,22)/b9-8+/t12-/m0/s1. The van der Waals surface area contributed by atoms with Crippen molar-refractivity contribution in [3.63, 3.8) is 0 Å². The summed E-state index contributed by atoms with van der Waals surface area (Å²) in [4.78, 5) is 23.3. The molecular formula is C16H24ClN3O3. The van der Waals surface area contributed by atoms with Crippen LogP contribution in [0.5, 0.6) is 0 Å². The van der Waals surface area contributed by atoms with Gasteiger partial charge in [0.15, 0.2) is 6.10 Å². The normalized spacial score (nSPS) is 12.4. The van der Waals surface area contributed by atoms with Crippen LogP contribution in [0.3, 0.4) is 0 Å². The molecule has 0 aliphatic carbocycles. The first-order valence-corrected chi connectivity index (χ1v) is 8.17. The summed E-state index contributed by atoms with van der Waals surface area (Å²) in [5.74, 6) is -0.920. The molecule has 6 nitrogen and oxygen atoms in total. The maximum atomic E-state index is 11.8. The highest BCUT2D eigenvalue weighted by Crippen LogP contribution is 2.21. The lowest BCUT2D eigenvalue weighted by Crippen LogP contribution is -2.35. The fourth-order valence-corrected chi connectivity index (χ4v) is 2.27. The van der Waals surface area contributed by atoms with Crippen molar-refractivity contribution < 1.29 is 14.3 Å². The number of halogens is 1. The summed E-state index contributed by atoms with van der Waals surface area (Å²) >= 11 is 6.28. The maximum Gasteiger partial charge on any atom is 0.331 e. The number of aryl methyl sites for hydroxylation is 2. The summed E-state index contributed by atoms with van der Waals surface area (Å²) in [5.41, 5.74) is 1.43. The van der Waals surface area contributed by atoms with Gasteiger partial charge in [-0.25, -0.2) is 4.79 Å². The number of carbonyl (C=O) groups excluding carboxylic acids is 2. The SMILES string of the molecule is CCCCn1nc(C)c(/C=C/C(=O)O[C@@H](C)C(=O)NCC)c1Cl. The average Bonchev–Trinajstić information content (AvgIpc) is 2.77. The first-order valence-electron chi connectivity index (χ1n) is 7.79. The van der Waals surface area contributed by atoms with Gasteiger partial charge in [-0.15, -0.1) is 0 Å². The van der Waals surface area contributed by atoms with Crippen LogP contribution in [0.4, 0.5) is 0 Å². The molecule has 0 aliphatic rings. The summed E-state index contributed by atoms with van der Waals surface area (Å²) in [7, 11) is 0. The van der Waals surface area contributed by atoms with Gasteiger partial charge >= 0.3 is 5.97 Å². The van der Waals surface area contributed by atoms with E-state index >= 15 is 0 Å². The van der Waals surface area contributed by atoms with Gasteiger partial charge in [0.1, 0.15) is 5.15 Å². The molecule has 0 aliphatic heterocycles. The second-order valence-electron chi connectivity index (χ2n) is 5.17. The second kappa shape index (κ2) is 9.35. The zero-order valence-electron chi connectivity index (χ0n) is 14.1. The molecule has 1 amide bonds. The van der Waals surface area contributed by atoms with Crippen molar-refractivity contribution in [1.82, 2.24) is 15.1 Å². The fourth-order valence-electron chi connectivity index (χ4n) is 1.95. The number of hydrogen-bond donors (Lipinski definition) is 1. The number of carbonyl (C=O) groups is 2. The zero-order valence-corrected chi connectivity index (χ0v) is 14.8. The number of rotatable bonds is 8. The van der Waals surface area contributed by atoms with Crippen LogP contribution in [0, 0.1) is 6.92 Å². The average molecular weight is 342 g/mol. The molecule has 7 heteroatoms. The van der Waals surface area contributed by atoms with E-state index in [4.69, 9.17) is 16.3 Å². The Labute approximate surface area is 141 Å². The van der Waals surface area contributed by atoms with E-state index in [1.54, 1.807) is 17.7 Å². The molecule has 0 spiro atoms. The summed E-state index contributed by atoms with van der Waals surface area (Å²) in [6.07, 6.45) is 4.02. The van der Waals surface area contributed by atoms with Crippen LogP contribution < -0.4 is 5.32 Å². The van der Waals surface area contributed by atoms with Crippen molar-refractivity contribution in [1.29, 1.82) is 0 Å². The molecule has 1 aromatic rings. The summed E-state index contributed by atoms with van der Waals surface area (Å²) < 4.78 is 6.75. The van der Waals surface area contributed by atoms with Crippen LogP contribution in [0.25, 0.3) is 6.08 Å². The van der Waals surface area contributed by atoms with E-state index in [0.717, 1.165) is 25.1 Å². The number of esters is 1. The van der Waals surface area contributed by atoms with Gasteiger partial charge < -0.3 is 10.1 Å². The lowest BCUT2D eigenvalue weighted by Gasteiger charge is -2.10. The van der Waals surface area contributed by atoms with Crippen LogP contribution in [0.1, 0.15) is 44.9 Å².